The van der Waals surface area contributed by atoms with E-state index in [1.165, 1.54) is 6.92 Å². The Morgan fingerprint density at radius 3 is 2.72 bits per heavy atom. The van der Waals surface area contributed by atoms with E-state index >= 15 is 0 Å². The van der Waals surface area contributed by atoms with Crippen LogP contribution in [0.4, 0.5) is 0 Å². The number of aromatic carboxylic acids is 1. The van der Waals surface area contributed by atoms with Gasteiger partial charge in [0.2, 0.25) is 15.8 Å². The number of hydrogen-bond donors (Lipinski definition) is 2. The van der Waals surface area contributed by atoms with Crippen LogP contribution in [0.15, 0.2) is 15.4 Å². The zero-order chi connectivity index (χ0) is 13.8. The summed E-state index contributed by atoms with van der Waals surface area (Å²) in [5, 5.41) is 8.71. The van der Waals surface area contributed by atoms with E-state index in [0.717, 1.165) is 6.07 Å². The fourth-order valence-electron chi connectivity index (χ4n) is 1.29. The van der Waals surface area contributed by atoms with Gasteiger partial charge < -0.3 is 9.52 Å². The number of carboxylic acid groups (broad SMARTS) is 1. The van der Waals surface area contributed by atoms with Crippen molar-refractivity contribution in [1.29, 1.82) is 0 Å². The minimum atomic E-state index is -3.76. The second-order valence-electron chi connectivity index (χ2n) is 3.41. The van der Waals surface area contributed by atoms with Crippen LogP contribution in [0.5, 0.6) is 0 Å². The fraction of sp³-hybridized carbons (Fsp3) is 0.364. The summed E-state index contributed by atoms with van der Waals surface area (Å²) in [6, 6.07) is 0.992. The molecule has 0 aliphatic heterocycles. The van der Waals surface area contributed by atoms with Gasteiger partial charge in [-0.25, -0.2) is 17.9 Å². The molecule has 0 saturated carbocycles. The van der Waals surface area contributed by atoms with E-state index in [2.05, 4.69) is 16.6 Å². The van der Waals surface area contributed by atoms with Crippen molar-refractivity contribution in [2.45, 2.75) is 25.2 Å². The molecule has 0 spiro atoms. The van der Waals surface area contributed by atoms with Crippen LogP contribution in [0, 0.1) is 18.8 Å². The maximum Gasteiger partial charge on any atom is 0.371 e. The molecule has 1 aromatic heterocycles. The van der Waals surface area contributed by atoms with Crippen molar-refractivity contribution in [1.82, 2.24) is 4.72 Å². The molecule has 7 heteroatoms. The molecule has 6 nitrogen and oxygen atoms in total. The van der Waals surface area contributed by atoms with Crippen molar-refractivity contribution >= 4 is 16.0 Å². The Hall–Kier alpha value is -1.78. The molecule has 0 aliphatic rings. The summed E-state index contributed by atoms with van der Waals surface area (Å²) in [7, 11) is -3.76. The summed E-state index contributed by atoms with van der Waals surface area (Å²) in [5.74, 6) is 3.69. The minimum Gasteiger partial charge on any atom is -0.475 e. The molecule has 98 valence electrons. The van der Waals surface area contributed by atoms with E-state index in [4.69, 9.17) is 9.52 Å². The Kier molecular flexibility index (Phi) is 4.53. The predicted molar refractivity (Wildman–Crippen MR) is 63.7 cm³/mol. The number of rotatable bonds is 5. The van der Waals surface area contributed by atoms with Gasteiger partial charge >= 0.3 is 5.97 Å². The van der Waals surface area contributed by atoms with Gasteiger partial charge in [0.25, 0.3) is 0 Å². The molecular formula is C11H13NO5S. The van der Waals surface area contributed by atoms with Gasteiger partial charge in [-0.3, -0.25) is 0 Å². The highest BCUT2D eigenvalue weighted by molar-refractivity contribution is 7.89. The molecule has 0 saturated heterocycles. The zero-order valence-corrected chi connectivity index (χ0v) is 10.8. The summed E-state index contributed by atoms with van der Waals surface area (Å²) < 4.78 is 30.8. The topological polar surface area (TPSA) is 96.6 Å². The molecule has 0 bridgehead atoms. The summed E-state index contributed by atoms with van der Waals surface area (Å²) in [6.07, 6.45) is 0.387. The number of carbonyl (C=O) groups is 1. The molecule has 1 aromatic rings. The van der Waals surface area contributed by atoms with Crippen molar-refractivity contribution in [2.75, 3.05) is 6.54 Å². The lowest BCUT2D eigenvalue weighted by atomic mass is 10.4. The standard InChI is InChI=1S/C11H13NO5S/c1-3-4-5-6-12-18(15,16)10-7-9(11(13)14)17-8(10)2/h7,12H,5-6H2,1-2H3,(H,13,14). The number of sulfonamides is 1. The lowest BCUT2D eigenvalue weighted by Gasteiger charge is -2.02. The molecule has 0 fully saturated rings. The molecular weight excluding hydrogens is 258 g/mol. The van der Waals surface area contributed by atoms with Crippen LogP contribution in [-0.2, 0) is 10.0 Å². The zero-order valence-electron chi connectivity index (χ0n) is 9.98. The van der Waals surface area contributed by atoms with Crippen LogP contribution in [0.25, 0.3) is 0 Å². The average Bonchev–Trinajstić information content (AvgIpc) is 2.68. The summed E-state index contributed by atoms with van der Waals surface area (Å²) >= 11 is 0. The highest BCUT2D eigenvalue weighted by Crippen LogP contribution is 2.19. The number of aryl methyl sites for hydroxylation is 1. The summed E-state index contributed by atoms with van der Waals surface area (Å²) in [5.41, 5.74) is 0. The summed E-state index contributed by atoms with van der Waals surface area (Å²) in [6.45, 7) is 3.22. The third-order valence-electron chi connectivity index (χ3n) is 2.09. The molecule has 0 amide bonds. The first-order chi connectivity index (χ1) is 8.38. The largest absolute Gasteiger partial charge is 0.475 e. The van der Waals surface area contributed by atoms with Gasteiger partial charge in [0.15, 0.2) is 0 Å². The second kappa shape index (κ2) is 5.71. The SMILES string of the molecule is CC#CCCNS(=O)(=O)c1cc(C(=O)O)oc1C. The Bertz CT molecular complexity index is 603. The first kappa shape index (κ1) is 14.3. The van der Waals surface area contributed by atoms with Gasteiger partial charge in [-0.05, 0) is 13.8 Å². The van der Waals surface area contributed by atoms with E-state index in [1.807, 2.05) is 0 Å². The molecule has 0 unspecified atom stereocenters. The van der Waals surface area contributed by atoms with Crippen molar-refractivity contribution in [3.63, 3.8) is 0 Å². The summed E-state index contributed by atoms with van der Waals surface area (Å²) in [4.78, 5) is 10.5. The van der Waals surface area contributed by atoms with Gasteiger partial charge in [0.05, 0.1) is 0 Å². The van der Waals surface area contributed by atoms with Gasteiger partial charge in [-0.15, -0.1) is 11.8 Å². The highest BCUT2D eigenvalue weighted by atomic mass is 32.2. The van der Waals surface area contributed by atoms with Crippen molar-refractivity contribution in [2.24, 2.45) is 0 Å². The number of hydrogen-bond acceptors (Lipinski definition) is 4. The van der Waals surface area contributed by atoms with Crippen LogP contribution in [-0.4, -0.2) is 26.0 Å². The normalized spacial score (nSPS) is 10.8. The van der Waals surface area contributed by atoms with Gasteiger partial charge in [0.1, 0.15) is 10.7 Å². The smallest absolute Gasteiger partial charge is 0.371 e. The van der Waals surface area contributed by atoms with Crippen LogP contribution in [0.1, 0.15) is 29.7 Å². The van der Waals surface area contributed by atoms with Gasteiger partial charge in [0, 0.05) is 19.0 Å². The minimum absolute atomic E-state index is 0.0430. The van der Waals surface area contributed by atoms with Gasteiger partial charge in [-0.1, -0.05) is 0 Å². The van der Waals surface area contributed by atoms with E-state index < -0.39 is 21.8 Å². The molecule has 2 N–H and O–H groups in total. The maximum absolute atomic E-state index is 11.8. The third-order valence-corrected chi connectivity index (χ3v) is 3.66. The average molecular weight is 271 g/mol. The van der Waals surface area contributed by atoms with E-state index in [0.29, 0.717) is 6.42 Å². The quantitative estimate of drug-likeness (QED) is 0.614. The first-order valence-electron chi connectivity index (χ1n) is 5.11. The Balaban J connectivity index is 2.90. The van der Waals surface area contributed by atoms with E-state index in [-0.39, 0.29) is 17.2 Å². The molecule has 0 radical (unpaired) electrons. The van der Waals surface area contributed by atoms with Gasteiger partial charge in [-0.2, -0.15) is 0 Å². The van der Waals surface area contributed by atoms with E-state index in [1.54, 1.807) is 6.92 Å². The first-order valence-corrected chi connectivity index (χ1v) is 6.60. The van der Waals surface area contributed by atoms with Crippen molar-refractivity contribution in [3.8, 4) is 11.8 Å². The molecule has 0 aliphatic carbocycles. The predicted octanol–water partition coefficient (Wildman–Crippen LogP) is 0.978. The van der Waals surface area contributed by atoms with Crippen LogP contribution < -0.4 is 4.72 Å². The lowest BCUT2D eigenvalue weighted by molar-refractivity contribution is 0.0661. The van der Waals surface area contributed by atoms with Crippen molar-refractivity contribution < 1.29 is 22.7 Å². The Labute approximate surface area is 105 Å². The Morgan fingerprint density at radius 2 is 2.22 bits per heavy atom. The molecule has 1 heterocycles. The third kappa shape index (κ3) is 3.35. The fourth-order valence-corrected chi connectivity index (χ4v) is 2.50. The van der Waals surface area contributed by atoms with Crippen LogP contribution >= 0.6 is 0 Å². The van der Waals surface area contributed by atoms with Crippen molar-refractivity contribution in [3.05, 3.63) is 17.6 Å². The van der Waals surface area contributed by atoms with E-state index in [9.17, 15) is 13.2 Å². The monoisotopic (exact) mass is 271 g/mol. The molecule has 18 heavy (non-hydrogen) atoms. The number of carboxylic acids is 1. The number of furan rings is 1. The van der Waals surface area contributed by atoms with Crippen LogP contribution in [0.3, 0.4) is 0 Å². The molecule has 0 aromatic carbocycles. The Morgan fingerprint density at radius 1 is 1.56 bits per heavy atom. The molecule has 1 rings (SSSR count). The second-order valence-corrected chi connectivity index (χ2v) is 5.15. The molecule has 0 atom stereocenters. The highest BCUT2D eigenvalue weighted by Gasteiger charge is 2.23. The maximum atomic E-state index is 11.8. The number of nitrogens with one attached hydrogen (secondary N) is 1. The lowest BCUT2D eigenvalue weighted by Crippen LogP contribution is -2.24. The van der Waals surface area contributed by atoms with Crippen LogP contribution in [0.2, 0.25) is 0 Å².